The number of nitrogens with zero attached hydrogens (tertiary/aromatic N) is 1. The van der Waals surface area contributed by atoms with Crippen molar-refractivity contribution in [3.63, 3.8) is 0 Å². The highest BCUT2D eigenvalue weighted by Crippen LogP contribution is 2.26. The van der Waals surface area contributed by atoms with Crippen LogP contribution < -0.4 is 14.4 Å². The van der Waals surface area contributed by atoms with Crippen LogP contribution in [0.4, 0.5) is 11.4 Å². The third-order valence-electron chi connectivity index (χ3n) is 4.94. The lowest BCUT2D eigenvalue weighted by Crippen LogP contribution is -2.29. The number of para-hydroxylation sites is 2. The van der Waals surface area contributed by atoms with E-state index in [0.717, 1.165) is 16.7 Å². The van der Waals surface area contributed by atoms with Gasteiger partial charge in [0.25, 0.3) is 5.91 Å². The maximum absolute atomic E-state index is 12.8. The molecule has 7 heteroatoms. The second kappa shape index (κ2) is 10.1. The summed E-state index contributed by atoms with van der Waals surface area (Å²) in [6.07, 6.45) is 1.18. The number of aryl methyl sites for hydroxylation is 2. The number of nitrogens with one attached hydrogen (secondary N) is 1. The summed E-state index contributed by atoms with van der Waals surface area (Å²) in [5.41, 5.74) is 4.45. The Balaban J connectivity index is 1.78. The van der Waals surface area contributed by atoms with Crippen LogP contribution in [0, 0.1) is 13.8 Å². The van der Waals surface area contributed by atoms with Gasteiger partial charge in [-0.05, 0) is 80.8 Å². The van der Waals surface area contributed by atoms with Gasteiger partial charge in [-0.1, -0.05) is 30.3 Å². The Hall–Kier alpha value is -3.32. The summed E-state index contributed by atoms with van der Waals surface area (Å²) in [4.78, 5) is 12.8. The molecule has 0 aromatic heterocycles. The fourth-order valence-electron chi connectivity index (χ4n) is 3.54. The molecule has 3 aromatic rings. The summed E-state index contributed by atoms with van der Waals surface area (Å²) in [6.45, 7) is 7.91. The van der Waals surface area contributed by atoms with E-state index >= 15 is 0 Å². The average Bonchev–Trinajstić information content (AvgIpc) is 2.72. The minimum atomic E-state index is -3.49. The Morgan fingerprint density at radius 2 is 1.58 bits per heavy atom. The molecule has 0 unspecified atom stereocenters. The number of amides is 1. The molecule has 1 N–H and O–H groups in total. The maximum atomic E-state index is 12.8. The number of hydrogen-bond acceptors (Lipinski definition) is 4. The molecule has 6 nitrogen and oxygen atoms in total. The molecule has 3 aromatic carbocycles. The second-order valence-corrected chi connectivity index (χ2v) is 10.3. The van der Waals surface area contributed by atoms with E-state index in [0.29, 0.717) is 22.7 Å². The van der Waals surface area contributed by atoms with Gasteiger partial charge in [-0.25, -0.2) is 8.42 Å². The Labute approximate surface area is 196 Å². The zero-order chi connectivity index (χ0) is 24.2. The molecular weight excluding hydrogens is 436 g/mol. The molecule has 3 rings (SSSR count). The summed E-state index contributed by atoms with van der Waals surface area (Å²) in [5, 5.41) is 2.88. The van der Waals surface area contributed by atoms with E-state index in [1.165, 1.54) is 10.6 Å². The summed E-state index contributed by atoms with van der Waals surface area (Å²) in [6, 6.07) is 19.9. The molecule has 0 aliphatic heterocycles. The minimum absolute atomic E-state index is 0.0164. The van der Waals surface area contributed by atoms with Crippen LogP contribution in [0.2, 0.25) is 0 Å². The molecule has 1 amide bonds. The molecule has 0 bridgehead atoms. The molecule has 0 atom stereocenters. The Morgan fingerprint density at radius 1 is 0.970 bits per heavy atom. The van der Waals surface area contributed by atoms with Gasteiger partial charge in [0.1, 0.15) is 5.75 Å². The Bertz CT molecular complexity index is 1220. The first kappa shape index (κ1) is 24.3. The highest BCUT2D eigenvalue weighted by atomic mass is 32.2. The van der Waals surface area contributed by atoms with E-state index in [4.69, 9.17) is 4.74 Å². The van der Waals surface area contributed by atoms with E-state index in [1.807, 2.05) is 64.1 Å². The molecule has 174 valence electrons. The number of sulfonamides is 1. The Morgan fingerprint density at radius 3 is 2.15 bits per heavy atom. The monoisotopic (exact) mass is 466 g/mol. The van der Waals surface area contributed by atoms with Gasteiger partial charge in [-0.2, -0.15) is 0 Å². The molecular formula is C26H30N2O4S. The number of hydrogen-bond donors (Lipinski definition) is 1. The zero-order valence-corrected chi connectivity index (χ0v) is 20.4. The van der Waals surface area contributed by atoms with Crippen molar-refractivity contribution in [2.75, 3.05) is 15.9 Å². The predicted molar refractivity (Wildman–Crippen MR) is 134 cm³/mol. The van der Waals surface area contributed by atoms with Crippen molar-refractivity contribution >= 4 is 27.3 Å². The topological polar surface area (TPSA) is 75.7 Å². The van der Waals surface area contributed by atoms with Gasteiger partial charge in [0.05, 0.1) is 30.3 Å². The first-order chi connectivity index (χ1) is 15.5. The van der Waals surface area contributed by atoms with E-state index < -0.39 is 10.0 Å². The van der Waals surface area contributed by atoms with Crippen molar-refractivity contribution in [3.05, 3.63) is 89.0 Å². The number of benzene rings is 3. The highest BCUT2D eigenvalue weighted by Gasteiger charge is 2.19. The lowest BCUT2D eigenvalue weighted by Gasteiger charge is -2.23. The highest BCUT2D eigenvalue weighted by molar-refractivity contribution is 7.92. The van der Waals surface area contributed by atoms with Crippen LogP contribution in [-0.4, -0.2) is 26.7 Å². The van der Waals surface area contributed by atoms with E-state index in [-0.39, 0.29) is 18.6 Å². The largest absolute Gasteiger partial charge is 0.489 e. The molecule has 0 spiro atoms. The summed E-state index contributed by atoms with van der Waals surface area (Å²) < 4.78 is 32.1. The van der Waals surface area contributed by atoms with Gasteiger partial charge < -0.3 is 10.1 Å². The van der Waals surface area contributed by atoms with E-state index in [2.05, 4.69) is 5.32 Å². The van der Waals surface area contributed by atoms with E-state index in [1.54, 1.807) is 30.3 Å². The number of anilines is 2. The summed E-state index contributed by atoms with van der Waals surface area (Å²) >= 11 is 0. The fraction of sp³-hybridized carbons (Fsp3) is 0.269. The van der Waals surface area contributed by atoms with Crippen LogP contribution in [0.3, 0.4) is 0 Å². The third-order valence-corrected chi connectivity index (χ3v) is 6.08. The zero-order valence-electron chi connectivity index (χ0n) is 19.6. The van der Waals surface area contributed by atoms with E-state index in [9.17, 15) is 13.2 Å². The van der Waals surface area contributed by atoms with Crippen LogP contribution >= 0.6 is 0 Å². The van der Waals surface area contributed by atoms with Crippen molar-refractivity contribution in [3.8, 4) is 5.75 Å². The molecule has 0 heterocycles. The minimum Gasteiger partial charge on any atom is -0.489 e. The number of rotatable bonds is 8. The van der Waals surface area contributed by atoms with Gasteiger partial charge in [0.2, 0.25) is 10.0 Å². The van der Waals surface area contributed by atoms with Crippen LogP contribution in [0.1, 0.15) is 40.9 Å². The first-order valence-corrected chi connectivity index (χ1v) is 12.6. The van der Waals surface area contributed by atoms with Crippen LogP contribution in [0.25, 0.3) is 0 Å². The van der Waals surface area contributed by atoms with Gasteiger partial charge >= 0.3 is 0 Å². The average molecular weight is 467 g/mol. The van der Waals surface area contributed by atoms with Crippen molar-refractivity contribution in [1.82, 2.24) is 0 Å². The predicted octanol–water partition coefficient (Wildman–Crippen LogP) is 5.31. The lowest BCUT2D eigenvalue weighted by atomic mass is 10.1. The molecule has 0 saturated heterocycles. The lowest BCUT2D eigenvalue weighted by molar-refractivity contribution is 0.102. The quantitative estimate of drug-likeness (QED) is 0.488. The molecule has 0 saturated carbocycles. The summed E-state index contributed by atoms with van der Waals surface area (Å²) in [7, 11) is -3.49. The second-order valence-electron chi connectivity index (χ2n) is 8.43. The van der Waals surface area contributed by atoms with Gasteiger partial charge in [-0.15, -0.1) is 0 Å². The molecule has 0 radical (unpaired) electrons. The van der Waals surface area contributed by atoms with Gasteiger partial charge in [0.15, 0.2) is 0 Å². The molecule has 33 heavy (non-hydrogen) atoms. The maximum Gasteiger partial charge on any atom is 0.255 e. The number of carbonyl (C=O) groups is 1. The van der Waals surface area contributed by atoms with Crippen molar-refractivity contribution < 1.29 is 17.9 Å². The van der Waals surface area contributed by atoms with Crippen LogP contribution in [-0.2, 0) is 16.6 Å². The normalized spacial score (nSPS) is 11.3. The standard InChI is InChI=1S/C26H30N2O4S/c1-18(2)32-25-9-7-6-8-24(25)27-26(29)22-12-10-21(11-13-22)17-28(33(5,30)31)23-15-19(3)14-20(4)16-23/h6-16,18H,17H2,1-5H3,(H,27,29). The van der Waals surface area contributed by atoms with Gasteiger partial charge in [0, 0.05) is 5.56 Å². The Kier molecular flexibility index (Phi) is 7.43. The molecule has 0 aliphatic carbocycles. The number of ether oxygens (including phenoxy) is 1. The summed E-state index contributed by atoms with van der Waals surface area (Å²) in [5.74, 6) is 0.338. The molecule has 0 fully saturated rings. The first-order valence-electron chi connectivity index (χ1n) is 10.7. The van der Waals surface area contributed by atoms with Gasteiger partial charge in [-0.3, -0.25) is 9.10 Å². The van der Waals surface area contributed by atoms with Crippen molar-refractivity contribution in [2.45, 2.75) is 40.3 Å². The molecule has 0 aliphatic rings. The van der Waals surface area contributed by atoms with Crippen molar-refractivity contribution in [1.29, 1.82) is 0 Å². The van der Waals surface area contributed by atoms with Crippen molar-refractivity contribution in [2.24, 2.45) is 0 Å². The third kappa shape index (κ3) is 6.58. The van der Waals surface area contributed by atoms with Crippen LogP contribution in [0.5, 0.6) is 5.75 Å². The SMILES string of the molecule is Cc1cc(C)cc(N(Cc2ccc(C(=O)Nc3ccccc3OC(C)C)cc2)S(C)(=O)=O)c1. The fourth-order valence-corrected chi connectivity index (χ4v) is 4.42. The number of carbonyl (C=O) groups excluding carboxylic acids is 1. The van der Waals surface area contributed by atoms with Crippen LogP contribution in [0.15, 0.2) is 66.7 Å². The smallest absolute Gasteiger partial charge is 0.255 e.